The van der Waals surface area contributed by atoms with Gasteiger partial charge in [0.1, 0.15) is 0 Å². The normalized spacial score (nSPS) is 16.5. The van der Waals surface area contributed by atoms with Gasteiger partial charge >= 0.3 is 10.1 Å². The molecule has 4 rings (SSSR count). The molecule has 0 saturated carbocycles. The summed E-state index contributed by atoms with van der Waals surface area (Å²) in [7, 11) is -8.44. The van der Waals surface area contributed by atoms with Crippen LogP contribution in [0.3, 0.4) is 0 Å². The lowest BCUT2D eigenvalue weighted by Gasteiger charge is -2.17. The van der Waals surface area contributed by atoms with Crippen molar-refractivity contribution in [2.24, 2.45) is 0 Å². The molecular formula is C15H13N2O6S6+. The van der Waals surface area contributed by atoms with Crippen molar-refractivity contribution in [1.82, 2.24) is 0 Å². The van der Waals surface area contributed by atoms with E-state index in [0.29, 0.717) is 10.0 Å². The predicted octanol–water partition coefficient (Wildman–Crippen LogP) is 3.47. The van der Waals surface area contributed by atoms with Crippen molar-refractivity contribution >= 4 is 87.3 Å². The Hall–Kier alpha value is -1.26. The Kier molecular flexibility index (Phi) is 5.63. The van der Waals surface area contributed by atoms with Crippen LogP contribution in [0.5, 0.6) is 0 Å². The van der Waals surface area contributed by atoms with Gasteiger partial charge in [-0.3, -0.25) is 9.11 Å². The van der Waals surface area contributed by atoms with Crippen LogP contribution in [0.25, 0.3) is 15.6 Å². The van der Waals surface area contributed by atoms with E-state index in [1.54, 1.807) is 30.4 Å². The van der Waals surface area contributed by atoms with E-state index in [0.717, 1.165) is 19.4 Å². The summed E-state index contributed by atoms with van der Waals surface area (Å²) in [5.74, 6) is -1.11. The molecular weight excluding hydrogens is 497 g/mol. The fourth-order valence-electron chi connectivity index (χ4n) is 2.72. The summed E-state index contributed by atoms with van der Waals surface area (Å²) in [6.45, 7) is 0. The highest BCUT2D eigenvalue weighted by molar-refractivity contribution is 8.05. The monoisotopic (exact) mass is 509 g/mol. The Morgan fingerprint density at radius 1 is 1.07 bits per heavy atom. The molecule has 1 aliphatic rings. The number of hydrogen-bond acceptors (Lipinski definition) is 9. The second-order valence-corrected chi connectivity index (χ2v) is 13.1. The minimum atomic E-state index is -4.22. The molecule has 0 amide bonds. The maximum Gasteiger partial charge on any atom is 0.326 e. The maximum absolute atomic E-state index is 11.4. The first kappa shape index (κ1) is 21.0. The van der Waals surface area contributed by atoms with Crippen molar-refractivity contribution < 1.29 is 30.5 Å². The summed E-state index contributed by atoms with van der Waals surface area (Å²) in [4.78, 5) is 1.51. The first-order valence-corrected chi connectivity index (χ1v) is 14.4. The first-order valence-electron chi connectivity index (χ1n) is 7.82. The molecule has 0 atom stereocenters. The number of thioether (sulfide) groups is 1. The van der Waals surface area contributed by atoms with E-state index in [1.165, 1.54) is 55.2 Å². The SMILES string of the molecule is O=S(=O)(O)CN1C(=CC=Cc2sc3sccc3[n+]2CS(=O)(=O)O)Sc2sccc21. The third-order valence-corrected chi connectivity index (χ3v) is 9.35. The highest BCUT2D eigenvalue weighted by Gasteiger charge is 2.29. The van der Waals surface area contributed by atoms with E-state index in [2.05, 4.69) is 0 Å². The summed E-state index contributed by atoms with van der Waals surface area (Å²) in [6, 6.07) is 3.58. The zero-order chi connectivity index (χ0) is 20.8. The molecule has 4 heterocycles. The predicted molar refractivity (Wildman–Crippen MR) is 118 cm³/mol. The number of anilines is 1. The summed E-state index contributed by atoms with van der Waals surface area (Å²) in [5, 5.41) is 4.94. The van der Waals surface area contributed by atoms with E-state index < -0.39 is 32.0 Å². The Morgan fingerprint density at radius 2 is 1.83 bits per heavy atom. The van der Waals surface area contributed by atoms with Gasteiger partial charge in [0.25, 0.3) is 21.0 Å². The van der Waals surface area contributed by atoms with Crippen molar-refractivity contribution in [3.8, 4) is 0 Å². The fourth-order valence-corrected chi connectivity index (χ4v) is 8.35. The molecule has 0 bridgehead atoms. The molecule has 2 N–H and O–H groups in total. The fraction of sp³-hybridized carbons (Fsp3) is 0.133. The summed E-state index contributed by atoms with van der Waals surface area (Å²) in [5.41, 5.74) is 1.44. The Morgan fingerprint density at radius 3 is 2.55 bits per heavy atom. The van der Waals surface area contributed by atoms with Crippen LogP contribution < -0.4 is 9.47 Å². The molecule has 154 valence electrons. The average molecular weight is 510 g/mol. The van der Waals surface area contributed by atoms with Crippen molar-refractivity contribution in [2.75, 3.05) is 10.8 Å². The molecule has 0 radical (unpaired) electrons. The van der Waals surface area contributed by atoms with Gasteiger partial charge in [-0.2, -0.15) is 21.4 Å². The van der Waals surface area contributed by atoms with E-state index in [-0.39, 0.29) is 0 Å². The van der Waals surface area contributed by atoms with Crippen LogP contribution in [-0.4, -0.2) is 31.8 Å². The van der Waals surface area contributed by atoms with Crippen LogP contribution in [0.1, 0.15) is 5.01 Å². The molecule has 0 spiro atoms. The average Bonchev–Trinajstić information content (AvgIpc) is 3.31. The number of allylic oxidation sites excluding steroid dienone is 2. The minimum absolute atomic E-state index is 0.555. The minimum Gasteiger partial charge on any atom is -0.317 e. The van der Waals surface area contributed by atoms with Crippen LogP contribution in [0, 0.1) is 0 Å². The van der Waals surface area contributed by atoms with E-state index >= 15 is 0 Å². The second-order valence-electron chi connectivity index (χ2n) is 5.87. The molecule has 29 heavy (non-hydrogen) atoms. The third-order valence-electron chi connectivity index (χ3n) is 3.79. The number of hydrogen-bond donors (Lipinski definition) is 2. The van der Waals surface area contributed by atoms with Gasteiger partial charge < -0.3 is 4.90 Å². The van der Waals surface area contributed by atoms with Gasteiger partial charge in [-0.05, 0) is 22.9 Å². The van der Waals surface area contributed by atoms with Crippen molar-refractivity contribution in [2.45, 2.75) is 10.1 Å². The van der Waals surface area contributed by atoms with Crippen molar-refractivity contribution in [1.29, 1.82) is 0 Å². The Labute approximate surface area is 182 Å². The Balaban J connectivity index is 1.66. The van der Waals surface area contributed by atoms with Gasteiger partial charge in [0, 0.05) is 12.1 Å². The van der Waals surface area contributed by atoms with Gasteiger partial charge in [-0.25, -0.2) is 0 Å². The molecule has 0 unspecified atom stereocenters. The standard InChI is InChI=1S/C15H12N2O6S6/c18-28(19,20)8-16-10-4-6-24-14(10)26-12(16)2-1-3-13-17(9-29(21,22)23)11-5-7-25-15(11)27-13/h1-7H,8-9H2,(H-,18,19,20,21,22,23)/p+1. The van der Waals surface area contributed by atoms with E-state index in [1.807, 2.05) is 10.8 Å². The summed E-state index contributed by atoms with van der Waals surface area (Å²) < 4.78 is 67.4. The number of nitrogens with zero attached hydrogens (tertiary/aromatic N) is 2. The molecule has 1 aliphatic heterocycles. The highest BCUT2D eigenvalue weighted by Crippen LogP contribution is 2.49. The van der Waals surface area contributed by atoms with Crippen LogP contribution in [-0.2, 0) is 26.1 Å². The van der Waals surface area contributed by atoms with E-state index in [4.69, 9.17) is 0 Å². The molecule has 0 fully saturated rings. The Bertz CT molecular complexity index is 1340. The van der Waals surface area contributed by atoms with Crippen LogP contribution >= 0.6 is 45.8 Å². The second kappa shape index (κ2) is 7.77. The topological polar surface area (TPSA) is 116 Å². The van der Waals surface area contributed by atoms with Gasteiger partial charge in [0.2, 0.25) is 5.52 Å². The van der Waals surface area contributed by atoms with Gasteiger partial charge in [0.15, 0.2) is 9.89 Å². The number of thiophene rings is 2. The zero-order valence-electron chi connectivity index (χ0n) is 14.3. The third kappa shape index (κ3) is 4.74. The number of thiazole rings is 1. The summed E-state index contributed by atoms with van der Waals surface area (Å²) >= 11 is 5.72. The lowest BCUT2D eigenvalue weighted by atomic mass is 10.4. The van der Waals surface area contributed by atoms with Gasteiger partial charge in [-0.1, -0.05) is 29.2 Å². The molecule has 0 aromatic carbocycles. The largest absolute Gasteiger partial charge is 0.326 e. The maximum atomic E-state index is 11.4. The quantitative estimate of drug-likeness (QED) is 0.383. The van der Waals surface area contributed by atoms with Crippen LogP contribution in [0.2, 0.25) is 0 Å². The van der Waals surface area contributed by atoms with Crippen LogP contribution in [0.4, 0.5) is 5.69 Å². The summed E-state index contributed by atoms with van der Waals surface area (Å²) in [6.07, 6.45) is 5.09. The lowest BCUT2D eigenvalue weighted by Crippen LogP contribution is -2.38. The molecule has 8 nitrogen and oxygen atoms in total. The van der Waals surface area contributed by atoms with Crippen LogP contribution in [0.15, 0.2) is 44.3 Å². The molecule has 0 saturated heterocycles. The smallest absolute Gasteiger partial charge is 0.317 e. The molecule has 14 heteroatoms. The molecule has 3 aromatic heterocycles. The lowest BCUT2D eigenvalue weighted by molar-refractivity contribution is -0.649. The van der Waals surface area contributed by atoms with Crippen molar-refractivity contribution in [3.05, 3.63) is 45.1 Å². The number of aromatic nitrogens is 1. The van der Waals surface area contributed by atoms with Gasteiger partial charge in [-0.15, -0.1) is 22.7 Å². The van der Waals surface area contributed by atoms with Crippen molar-refractivity contribution in [3.63, 3.8) is 0 Å². The zero-order valence-corrected chi connectivity index (χ0v) is 19.2. The first-order chi connectivity index (χ1) is 13.6. The molecule has 3 aromatic rings. The van der Waals surface area contributed by atoms with Gasteiger partial charge in [0.05, 0.1) is 14.9 Å². The number of rotatable bonds is 6. The highest BCUT2D eigenvalue weighted by atomic mass is 32.2. The van der Waals surface area contributed by atoms with E-state index in [9.17, 15) is 25.9 Å². The molecule has 0 aliphatic carbocycles. The number of fused-ring (bicyclic) bond motifs is 2.